The Labute approximate surface area is 241 Å². The summed E-state index contributed by atoms with van der Waals surface area (Å²) in [5.41, 5.74) is 3.99. The molecule has 8 nitrogen and oxygen atoms in total. The molecule has 41 heavy (non-hydrogen) atoms. The zero-order valence-electron chi connectivity index (χ0n) is 23.7. The number of nitrogens with zero attached hydrogens (tertiary/aromatic N) is 6. The van der Waals surface area contributed by atoms with E-state index in [1.54, 1.807) is 6.92 Å². The molecule has 0 aliphatic carbocycles. The van der Waals surface area contributed by atoms with E-state index in [0.717, 1.165) is 60.1 Å². The minimum atomic E-state index is 0.0313. The van der Waals surface area contributed by atoms with Gasteiger partial charge < -0.3 is 9.80 Å². The van der Waals surface area contributed by atoms with Crippen LogP contribution in [-0.4, -0.2) is 61.6 Å². The Hall–Kier alpha value is -4.04. The number of carbonyl (C=O) groups is 2. The highest BCUT2D eigenvalue weighted by Crippen LogP contribution is 2.31. The summed E-state index contributed by atoms with van der Waals surface area (Å²) in [6.07, 6.45) is 8.18. The number of hydrogen-bond acceptors (Lipinski definition) is 5. The molecule has 6 rings (SSSR count). The number of amides is 2. The molecule has 2 aliphatic rings. The zero-order valence-corrected chi connectivity index (χ0v) is 23.7. The maximum atomic E-state index is 14.0. The maximum absolute atomic E-state index is 14.0. The van der Waals surface area contributed by atoms with Crippen LogP contribution in [-0.2, 0) is 29.2 Å². The average Bonchev–Trinajstić information content (AvgIpc) is 3.40. The average molecular weight is 551 g/mol. The van der Waals surface area contributed by atoms with Gasteiger partial charge in [0.25, 0.3) is 0 Å². The Morgan fingerprint density at radius 1 is 0.927 bits per heavy atom. The van der Waals surface area contributed by atoms with Crippen LogP contribution in [0.4, 0.5) is 5.69 Å². The predicted octanol–water partition coefficient (Wildman–Crippen LogP) is 5.03. The molecular weight excluding hydrogens is 512 g/mol. The second-order valence-electron chi connectivity index (χ2n) is 11.3. The van der Waals surface area contributed by atoms with Crippen LogP contribution in [0.3, 0.4) is 0 Å². The lowest BCUT2D eigenvalue weighted by molar-refractivity contribution is -0.133. The Morgan fingerprint density at radius 3 is 2.59 bits per heavy atom. The minimum absolute atomic E-state index is 0.0313. The van der Waals surface area contributed by atoms with Crippen molar-refractivity contribution in [3.05, 3.63) is 90.4 Å². The van der Waals surface area contributed by atoms with Gasteiger partial charge in [-0.2, -0.15) is 5.10 Å². The van der Waals surface area contributed by atoms with Crippen molar-refractivity contribution in [2.75, 3.05) is 18.0 Å². The molecule has 2 amide bonds. The number of para-hydroxylation sites is 2. The fourth-order valence-electron chi connectivity index (χ4n) is 6.57. The largest absolute Gasteiger partial charge is 0.337 e. The highest BCUT2D eigenvalue weighted by atomic mass is 16.2. The number of anilines is 1. The van der Waals surface area contributed by atoms with E-state index in [2.05, 4.69) is 27.1 Å². The van der Waals surface area contributed by atoms with Gasteiger partial charge in [-0.3, -0.25) is 24.2 Å². The lowest BCUT2D eigenvalue weighted by atomic mass is 9.92. The Balaban J connectivity index is 1.32. The number of rotatable bonds is 5. The lowest BCUT2D eigenvalue weighted by Gasteiger charge is -2.44. The molecule has 2 atom stereocenters. The topological polar surface area (TPSA) is 74.6 Å². The number of fused-ring (bicyclic) bond motifs is 4. The second kappa shape index (κ2) is 12.2. The molecule has 8 heteroatoms. The first-order chi connectivity index (χ1) is 20.1. The third-order valence-corrected chi connectivity index (χ3v) is 8.67. The Bertz CT molecular complexity index is 1500. The number of pyridine rings is 1. The van der Waals surface area contributed by atoms with Crippen LogP contribution >= 0.6 is 0 Å². The van der Waals surface area contributed by atoms with Crippen molar-refractivity contribution in [2.24, 2.45) is 0 Å². The van der Waals surface area contributed by atoms with Crippen LogP contribution in [0.1, 0.15) is 50.3 Å². The molecule has 2 aliphatic heterocycles. The molecule has 2 unspecified atom stereocenters. The highest BCUT2D eigenvalue weighted by molar-refractivity contribution is 5.92. The molecule has 1 saturated heterocycles. The molecule has 1 fully saturated rings. The number of piperidine rings is 1. The fourth-order valence-corrected chi connectivity index (χ4v) is 6.57. The standard InChI is InChI=1S/C33H38N6O2/c1-25(40)37-19-16-29-12-8-13-30(38(29)23-28-11-6-7-18-34-28)24-36(22-27-10-3-4-14-31(27)37)33(41)17-20-39-32-15-5-2-9-26(32)21-35-39/h2-7,9-11,14-15,18,21,29-30H,8,12-13,16-17,19-20,22-24H2,1H3. The van der Waals surface area contributed by atoms with Crippen LogP contribution in [0.5, 0.6) is 0 Å². The van der Waals surface area contributed by atoms with Crippen molar-refractivity contribution in [1.29, 1.82) is 0 Å². The molecule has 2 aromatic carbocycles. The number of hydrogen-bond donors (Lipinski definition) is 0. The maximum Gasteiger partial charge on any atom is 0.224 e. The van der Waals surface area contributed by atoms with Gasteiger partial charge in [0.1, 0.15) is 0 Å². The van der Waals surface area contributed by atoms with E-state index in [4.69, 9.17) is 0 Å². The monoisotopic (exact) mass is 550 g/mol. The van der Waals surface area contributed by atoms with Gasteiger partial charge in [-0.15, -0.1) is 0 Å². The van der Waals surface area contributed by atoms with Crippen molar-refractivity contribution >= 4 is 28.4 Å². The van der Waals surface area contributed by atoms with Crippen molar-refractivity contribution in [1.82, 2.24) is 24.6 Å². The van der Waals surface area contributed by atoms with E-state index >= 15 is 0 Å². The van der Waals surface area contributed by atoms with Gasteiger partial charge >= 0.3 is 0 Å². The van der Waals surface area contributed by atoms with Crippen molar-refractivity contribution in [2.45, 2.75) is 70.7 Å². The third kappa shape index (κ3) is 6.03. The number of benzene rings is 2. The van der Waals surface area contributed by atoms with E-state index in [-0.39, 0.29) is 17.9 Å². The summed E-state index contributed by atoms with van der Waals surface area (Å²) >= 11 is 0. The normalized spacial score (nSPS) is 19.9. The van der Waals surface area contributed by atoms with Gasteiger partial charge in [0.15, 0.2) is 0 Å². The summed E-state index contributed by atoms with van der Waals surface area (Å²) in [6.45, 7) is 4.68. The highest BCUT2D eigenvalue weighted by Gasteiger charge is 2.34. The SMILES string of the molecule is CC(=O)N1CCC2CCCC(CN(C(=O)CCn3ncc4ccccc43)Cc3ccccc31)N2Cc1ccccn1. The molecule has 0 radical (unpaired) electrons. The van der Waals surface area contributed by atoms with Crippen LogP contribution < -0.4 is 4.90 Å². The van der Waals surface area contributed by atoms with E-state index in [9.17, 15) is 9.59 Å². The van der Waals surface area contributed by atoms with Gasteiger partial charge in [-0.1, -0.05) is 48.9 Å². The molecular formula is C33H38N6O2. The Morgan fingerprint density at radius 2 is 1.73 bits per heavy atom. The van der Waals surface area contributed by atoms with Gasteiger partial charge in [0.05, 0.1) is 24.0 Å². The number of aromatic nitrogens is 3. The molecule has 4 aromatic rings. The summed E-state index contributed by atoms with van der Waals surface area (Å²) in [4.78, 5) is 38.0. The van der Waals surface area contributed by atoms with Gasteiger partial charge in [0, 0.05) is 68.9 Å². The number of aryl methyl sites for hydroxylation is 1. The summed E-state index contributed by atoms with van der Waals surface area (Å²) in [6, 6.07) is 22.8. The number of carbonyl (C=O) groups excluding carboxylic acids is 2. The van der Waals surface area contributed by atoms with Crippen molar-refractivity contribution < 1.29 is 9.59 Å². The molecule has 0 saturated carbocycles. The van der Waals surface area contributed by atoms with Gasteiger partial charge in [-0.25, -0.2) is 0 Å². The van der Waals surface area contributed by atoms with E-state index in [0.29, 0.717) is 38.6 Å². The van der Waals surface area contributed by atoms with Crippen LogP contribution in [0.2, 0.25) is 0 Å². The smallest absolute Gasteiger partial charge is 0.224 e. The van der Waals surface area contributed by atoms with Gasteiger partial charge in [-0.05, 0) is 49.1 Å². The van der Waals surface area contributed by atoms with Crippen LogP contribution in [0.25, 0.3) is 10.9 Å². The molecule has 2 aromatic heterocycles. The first-order valence-electron chi connectivity index (χ1n) is 14.8. The molecule has 212 valence electrons. The van der Waals surface area contributed by atoms with Crippen molar-refractivity contribution in [3.8, 4) is 0 Å². The molecule has 2 bridgehead atoms. The zero-order chi connectivity index (χ0) is 28.2. The van der Waals surface area contributed by atoms with E-state index in [1.165, 1.54) is 0 Å². The summed E-state index contributed by atoms with van der Waals surface area (Å²) in [5, 5.41) is 5.62. The summed E-state index contributed by atoms with van der Waals surface area (Å²) < 4.78 is 1.93. The lowest BCUT2D eigenvalue weighted by Crippen LogP contribution is -2.52. The quantitative estimate of drug-likeness (QED) is 0.349. The summed E-state index contributed by atoms with van der Waals surface area (Å²) in [7, 11) is 0. The first-order valence-corrected chi connectivity index (χ1v) is 14.8. The Kier molecular flexibility index (Phi) is 8.09. The van der Waals surface area contributed by atoms with Crippen LogP contribution in [0.15, 0.2) is 79.1 Å². The molecule has 0 spiro atoms. The van der Waals surface area contributed by atoms with Crippen LogP contribution in [0, 0.1) is 0 Å². The second-order valence-corrected chi connectivity index (χ2v) is 11.3. The third-order valence-electron chi connectivity index (χ3n) is 8.67. The van der Waals surface area contributed by atoms with Gasteiger partial charge in [0.2, 0.25) is 11.8 Å². The summed E-state index contributed by atoms with van der Waals surface area (Å²) in [5.74, 6) is 0.136. The first kappa shape index (κ1) is 27.1. The molecule has 0 N–H and O–H groups in total. The molecule has 4 heterocycles. The van der Waals surface area contributed by atoms with E-state index < -0.39 is 0 Å². The fraction of sp³-hybridized carbons (Fsp3) is 0.394. The predicted molar refractivity (Wildman–Crippen MR) is 160 cm³/mol. The minimum Gasteiger partial charge on any atom is -0.337 e. The van der Waals surface area contributed by atoms with Crippen molar-refractivity contribution in [3.63, 3.8) is 0 Å². The van der Waals surface area contributed by atoms with E-state index in [1.807, 2.05) is 81.5 Å².